The van der Waals surface area contributed by atoms with E-state index in [-0.39, 0.29) is 11.2 Å². The summed E-state index contributed by atoms with van der Waals surface area (Å²) in [5.41, 5.74) is 2.95. The zero-order valence-corrected chi connectivity index (χ0v) is 11.9. The average molecular weight is 271 g/mol. The minimum atomic E-state index is -0.290. The van der Waals surface area contributed by atoms with Crippen LogP contribution >= 0.6 is 0 Å². The smallest absolute Gasteiger partial charge is 0.331 e. The van der Waals surface area contributed by atoms with Crippen LogP contribution in [0.1, 0.15) is 12.5 Å². The Kier molecular flexibility index (Phi) is 2.78. The van der Waals surface area contributed by atoms with E-state index >= 15 is 0 Å². The van der Waals surface area contributed by atoms with Crippen LogP contribution in [0, 0.1) is 0 Å². The Morgan fingerprint density at radius 3 is 2.50 bits per heavy atom. The van der Waals surface area contributed by atoms with Crippen molar-refractivity contribution in [1.29, 1.82) is 0 Å². The molecule has 5 nitrogen and oxygen atoms in total. The summed E-state index contributed by atoms with van der Waals surface area (Å²) < 4.78 is 2.74. The molecule has 0 radical (unpaired) electrons. The van der Waals surface area contributed by atoms with Crippen molar-refractivity contribution < 1.29 is 0 Å². The van der Waals surface area contributed by atoms with Crippen molar-refractivity contribution in [3.8, 4) is 11.3 Å². The highest BCUT2D eigenvalue weighted by molar-refractivity contribution is 5.80. The molecule has 2 heterocycles. The molecule has 0 saturated heterocycles. The van der Waals surface area contributed by atoms with Crippen molar-refractivity contribution in [3.05, 3.63) is 50.7 Å². The lowest BCUT2D eigenvalue weighted by molar-refractivity contribution is 0.670. The van der Waals surface area contributed by atoms with E-state index in [2.05, 4.69) is 0 Å². The molecule has 1 aliphatic heterocycles. The molecule has 2 aromatic rings. The monoisotopic (exact) mass is 271 g/mol. The first kappa shape index (κ1) is 12.7. The van der Waals surface area contributed by atoms with E-state index in [1.807, 2.05) is 36.1 Å². The van der Waals surface area contributed by atoms with Crippen LogP contribution in [-0.2, 0) is 20.6 Å². The van der Waals surface area contributed by atoms with Crippen molar-refractivity contribution in [2.75, 3.05) is 11.4 Å². The highest BCUT2D eigenvalue weighted by Crippen LogP contribution is 2.35. The van der Waals surface area contributed by atoms with Crippen molar-refractivity contribution >= 4 is 5.69 Å². The molecule has 0 fully saturated rings. The molecule has 0 aliphatic carbocycles. The summed E-state index contributed by atoms with van der Waals surface area (Å²) in [4.78, 5) is 26.7. The van der Waals surface area contributed by atoms with E-state index in [4.69, 9.17) is 0 Å². The maximum atomic E-state index is 12.5. The average Bonchev–Trinajstić information content (AvgIpc) is 2.48. The van der Waals surface area contributed by atoms with Crippen LogP contribution < -0.4 is 16.1 Å². The predicted molar refractivity (Wildman–Crippen MR) is 79.1 cm³/mol. The summed E-state index contributed by atoms with van der Waals surface area (Å²) in [6.07, 6.45) is 0. The van der Waals surface area contributed by atoms with Gasteiger partial charge in [0.25, 0.3) is 5.56 Å². The highest BCUT2D eigenvalue weighted by Gasteiger charge is 2.27. The fourth-order valence-electron chi connectivity index (χ4n) is 2.86. The molecule has 0 amide bonds. The van der Waals surface area contributed by atoms with Gasteiger partial charge in [0.15, 0.2) is 0 Å². The van der Waals surface area contributed by atoms with Gasteiger partial charge in [-0.2, -0.15) is 0 Å². The molecular weight excluding hydrogens is 254 g/mol. The first-order chi connectivity index (χ1) is 9.56. The summed E-state index contributed by atoms with van der Waals surface area (Å²) in [6, 6.07) is 7.94. The number of aromatic nitrogens is 2. The summed E-state index contributed by atoms with van der Waals surface area (Å²) in [5.74, 6) is 0. The molecule has 0 bridgehead atoms. The number of anilines is 1. The van der Waals surface area contributed by atoms with Gasteiger partial charge in [-0.3, -0.25) is 13.9 Å². The Morgan fingerprint density at radius 1 is 1.10 bits per heavy atom. The second kappa shape index (κ2) is 4.37. The molecule has 0 unspecified atom stereocenters. The largest absolute Gasteiger partial charge is 0.361 e. The van der Waals surface area contributed by atoms with Crippen LogP contribution in [0.25, 0.3) is 11.3 Å². The Hall–Kier alpha value is -2.30. The number of hydrogen-bond acceptors (Lipinski definition) is 3. The van der Waals surface area contributed by atoms with Crippen LogP contribution in [0.3, 0.4) is 0 Å². The molecule has 0 atom stereocenters. The number of benzene rings is 1. The number of rotatable bonds is 1. The van der Waals surface area contributed by atoms with Gasteiger partial charge in [0, 0.05) is 32.7 Å². The third-order valence-electron chi connectivity index (χ3n) is 3.97. The lowest BCUT2D eigenvalue weighted by Crippen LogP contribution is -2.43. The first-order valence-corrected chi connectivity index (χ1v) is 6.69. The summed E-state index contributed by atoms with van der Waals surface area (Å²) in [5, 5.41) is 0. The molecule has 104 valence electrons. The SMILES string of the molecule is CCN1Cc2ccccc2-c2c1c(=O)n(C)c(=O)n2C. The number of fused-ring (bicyclic) bond motifs is 3. The molecule has 5 heteroatoms. The second-order valence-corrected chi connectivity index (χ2v) is 5.07. The lowest BCUT2D eigenvalue weighted by atomic mass is 9.98. The Bertz CT molecular complexity index is 802. The van der Waals surface area contributed by atoms with Gasteiger partial charge in [-0.25, -0.2) is 4.79 Å². The van der Waals surface area contributed by atoms with Crippen LogP contribution in [0.2, 0.25) is 0 Å². The standard InChI is InChI=1S/C15H17N3O2/c1-4-18-9-10-7-5-6-8-11(10)12-13(18)14(19)17(3)15(20)16(12)2/h5-8H,4,9H2,1-3H3. The summed E-state index contributed by atoms with van der Waals surface area (Å²) in [7, 11) is 3.25. The highest BCUT2D eigenvalue weighted by atomic mass is 16.2. The van der Waals surface area contributed by atoms with E-state index < -0.39 is 0 Å². The van der Waals surface area contributed by atoms with Gasteiger partial charge in [0.05, 0.1) is 5.69 Å². The van der Waals surface area contributed by atoms with Gasteiger partial charge in [0.1, 0.15) is 5.69 Å². The summed E-state index contributed by atoms with van der Waals surface area (Å²) >= 11 is 0. The van der Waals surface area contributed by atoms with Gasteiger partial charge in [-0.15, -0.1) is 0 Å². The van der Waals surface area contributed by atoms with Crippen LogP contribution in [0.15, 0.2) is 33.9 Å². The fourth-order valence-corrected chi connectivity index (χ4v) is 2.86. The maximum absolute atomic E-state index is 12.5. The normalized spacial score (nSPS) is 13.1. The Morgan fingerprint density at radius 2 is 1.80 bits per heavy atom. The number of hydrogen-bond donors (Lipinski definition) is 0. The number of nitrogens with zero attached hydrogens (tertiary/aromatic N) is 3. The predicted octanol–water partition coefficient (Wildman–Crippen LogP) is 1.09. The molecular formula is C15H17N3O2. The van der Waals surface area contributed by atoms with Crippen LogP contribution in [-0.4, -0.2) is 15.7 Å². The molecule has 3 rings (SSSR count). The summed E-state index contributed by atoms with van der Waals surface area (Å²) in [6.45, 7) is 3.45. The molecule has 1 aliphatic rings. The zero-order valence-electron chi connectivity index (χ0n) is 11.9. The molecule has 0 spiro atoms. The molecule has 0 saturated carbocycles. The third kappa shape index (κ3) is 1.56. The van der Waals surface area contributed by atoms with Gasteiger partial charge >= 0.3 is 5.69 Å². The third-order valence-corrected chi connectivity index (χ3v) is 3.97. The second-order valence-electron chi connectivity index (χ2n) is 5.07. The lowest BCUT2D eigenvalue weighted by Gasteiger charge is -2.32. The molecule has 1 aromatic heterocycles. The van der Waals surface area contributed by atoms with Gasteiger partial charge in [-0.1, -0.05) is 24.3 Å². The Balaban J connectivity index is 2.49. The van der Waals surface area contributed by atoms with Gasteiger partial charge < -0.3 is 4.90 Å². The van der Waals surface area contributed by atoms with Crippen molar-refractivity contribution in [2.24, 2.45) is 14.1 Å². The Labute approximate surface area is 116 Å². The first-order valence-electron chi connectivity index (χ1n) is 6.69. The van der Waals surface area contributed by atoms with Gasteiger partial charge in [0.2, 0.25) is 0 Å². The van der Waals surface area contributed by atoms with Crippen LogP contribution in [0.5, 0.6) is 0 Å². The topological polar surface area (TPSA) is 47.2 Å². The van der Waals surface area contributed by atoms with E-state index in [1.54, 1.807) is 11.6 Å². The fraction of sp³-hybridized carbons (Fsp3) is 0.333. The minimum absolute atomic E-state index is 0.223. The maximum Gasteiger partial charge on any atom is 0.331 e. The van der Waals surface area contributed by atoms with E-state index in [1.165, 1.54) is 11.6 Å². The molecule has 0 N–H and O–H groups in total. The van der Waals surface area contributed by atoms with Crippen molar-refractivity contribution in [3.63, 3.8) is 0 Å². The van der Waals surface area contributed by atoms with Gasteiger partial charge in [-0.05, 0) is 12.5 Å². The zero-order chi connectivity index (χ0) is 14.4. The minimum Gasteiger partial charge on any atom is -0.361 e. The molecule has 1 aromatic carbocycles. The van der Waals surface area contributed by atoms with Crippen LogP contribution in [0.4, 0.5) is 5.69 Å². The molecule has 20 heavy (non-hydrogen) atoms. The quantitative estimate of drug-likeness (QED) is 0.780. The van der Waals surface area contributed by atoms with Crippen molar-refractivity contribution in [2.45, 2.75) is 13.5 Å². The van der Waals surface area contributed by atoms with E-state index in [0.29, 0.717) is 12.2 Å². The van der Waals surface area contributed by atoms with E-state index in [9.17, 15) is 9.59 Å². The van der Waals surface area contributed by atoms with E-state index in [0.717, 1.165) is 23.4 Å². The van der Waals surface area contributed by atoms with Crippen molar-refractivity contribution in [1.82, 2.24) is 9.13 Å².